The Kier molecular flexibility index (Phi) is 14.6. The minimum Gasteiger partial charge on any atom is -0.496 e. The number of carbonyl (C=O) groups is 4. The van der Waals surface area contributed by atoms with Crippen molar-refractivity contribution in [2.24, 2.45) is 11.8 Å². The van der Waals surface area contributed by atoms with Crippen molar-refractivity contribution in [3.05, 3.63) is 104 Å². The minimum absolute atomic E-state index is 0.170. The molecule has 0 spiro atoms. The van der Waals surface area contributed by atoms with E-state index in [2.05, 4.69) is 0 Å². The number of ether oxygens (including phenoxy) is 2. The molecule has 2 fully saturated rings. The van der Waals surface area contributed by atoms with Gasteiger partial charge in [-0.25, -0.2) is 0 Å². The van der Waals surface area contributed by atoms with Crippen LogP contribution in [-0.2, 0) is 19.2 Å². The lowest BCUT2D eigenvalue weighted by Crippen LogP contribution is -2.39. The van der Waals surface area contributed by atoms with E-state index < -0.39 is 23.8 Å². The Morgan fingerprint density at radius 1 is 0.593 bits per heavy atom. The van der Waals surface area contributed by atoms with Gasteiger partial charge >= 0.3 is 11.9 Å². The van der Waals surface area contributed by atoms with E-state index in [1.807, 2.05) is 48.5 Å². The summed E-state index contributed by atoms with van der Waals surface area (Å²) in [5.41, 5.74) is 3.53. The first-order valence-corrected chi connectivity index (χ1v) is 21.0. The number of amides is 2. The second-order valence-corrected chi connectivity index (χ2v) is 16.6. The predicted molar refractivity (Wildman–Crippen MR) is 233 cm³/mol. The van der Waals surface area contributed by atoms with Crippen LogP contribution in [0.3, 0.4) is 0 Å². The molecule has 0 atom stereocenters. The van der Waals surface area contributed by atoms with E-state index >= 15 is 0 Å². The Labute approximate surface area is 366 Å². The average molecular weight is 899 g/mol. The van der Waals surface area contributed by atoms with Crippen molar-refractivity contribution < 1.29 is 38.9 Å². The second-order valence-electron chi connectivity index (χ2n) is 14.0. The summed E-state index contributed by atoms with van der Waals surface area (Å²) >= 11 is 29.5. The van der Waals surface area contributed by atoms with Crippen molar-refractivity contribution in [3.8, 4) is 33.8 Å². The monoisotopic (exact) mass is 896 g/mol. The molecule has 59 heavy (non-hydrogen) atoms. The van der Waals surface area contributed by atoms with Crippen molar-refractivity contribution in [2.75, 3.05) is 40.4 Å². The molecule has 15 heteroatoms. The molecule has 2 saturated heterocycles. The first-order chi connectivity index (χ1) is 28.3. The number of hydrogen-bond donors (Lipinski definition) is 2. The van der Waals surface area contributed by atoms with Crippen LogP contribution in [0.15, 0.2) is 82.6 Å². The van der Waals surface area contributed by atoms with Crippen LogP contribution in [0, 0.1) is 11.8 Å². The molecule has 0 aliphatic carbocycles. The van der Waals surface area contributed by atoms with Gasteiger partial charge in [0.25, 0.3) is 0 Å². The van der Waals surface area contributed by atoms with Crippen LogP contribution in [0.25, 0.3) is 34.4 Å². The lowest BCUT2D eigenvalue weighted by atomic mass is 9.96. The number of carboxylic acid groups (broad SMARTS) is 2. The third-order valence-electron chi connectivity index (χ3n) is 10.5. The molecule has 2 N–H and O–H groups in total. The molecule has 0 bridgehead atoms. The number of piperidine rings is 2. The maximum atomic E-state index is 13.3. The highest BCUT2D eigenvalue weighted by Gasteiger charge is 2.28. The van der Waals surface area contributed by atoms with Crippen molar-refractivity contribution >= 4 is 94.1 Å². The summed E-state index contributed by atoms with van der Waals surface area (Å²) in [6.07, 6.45) is 7.52. The SMILES string of the molecule is COc1ccccc1-c1cc(Sc2cc(-c3ccccc3OC)c(C=CC(=O)N3CCC(C(=O)O)CC3)c(Cl)c2Cl)c(Cl)c(Cl)c1C=CC(=O)N1CCC(C(=O)O)CC1. The molecule has 2 aliphatic rings. The summed E-state index contributed by atoms with van der Waals surface area (Å²) < 4.78 is 11.4. The number of benzene rings is 4. The number of halogens is 4. The Bertz CT molecular complexity index is 2170. The standard InChI is InChI=1S/C44H40Cl4N2O8S/c1-57-33-9-5-3-7-27(33)31-23-35(41(47)39(45)29(31)11-13-37(51)49-19-15-25(16-20-49)43(53)54)59-36-24-32(28-8-4-6-10-34(28)58-2)30(40(46)42(36)48)12-14-38(52)50-21-17-26(18-22-50)44(55)56/h3-14,23-26H,15-22H2,1-2H3,(H,53,54)(H,55,56). The van der Waals surface area contributed by atoms with E-state index in [9.17, 15) is 29.4 Å². The Hall–Kier alpha value is -4.65. The van der Waals surface area contributed by atoms with Gasteiger partial charge in [0.2, 0.25) is 11.8 Å². The van der Waals surface area contributed by atoms with Gasteiger partial charge in [0.05, 0.1) is 46.1 Å². The van der Waals surface area contributed by atoms with Crippen molar-refractivity contribution in [2.45, 2.75) is 35.5 Å². The van der Waals surface area contributed by atoms with Gasteiger partial charge in [-0.2, -0.15) is 0 Å². The number of para-hydroxylation sites is 2. The van der Waals surface area contributed by atoms with E-state index in [4.69, 9.17) is 55.9 Å². The molecule has 0 radical (unpaired) electrons. The normalized spacial score (nSPS) is 15.2. The summed E-state index contributed by atoms with van der Waals surface area (Å²) in [6, 6.07) is 18.4. The van der Waals surface area contributed by atoms with Crippen LogP contribution in [0.1, 0.15) is 36.8 Å². The highest BCUT2D eigenvalue weighted by atomic mass is 35.5. The molecular weight excluding hydrogens is 858 g/mol. The zero-order valence-electron chi connectivity index (χ0n) is 32.1. The molecule has 0 unspecified atom stereocenters. The largest absolute Gasteiger partial charge is 0.496 e. The summed E-state index contributed by atoms with van der Waals surface area (Å²) in [4.78, 5) is 53.8. The molecule has 308 valence electrons. The van der Waals surface area contributed by atoms with Gasteiger partial charge in [-0.3, -0.25) is 19.2 Å². The molecule has 0 aromatic heterocycles. The second kappa shape index (κ2) is 19.6. The van der Waals surface area contributed by atoms with Gasteiger partial charge < -0.3 is 29.5 Å². The molecule has 10 nitrogen and oxygen atoms in total. The molecule has 4 aromatic carbocycles. The first-order valence-electron chi connectivity index (χ1n) is 18.7. The Morgan fingerprint density at radius 2 is 0.949 bits per heavy atom. The minimum atomic E-state index is -0.861. The van der Waals surface area contributed by atoms with Gasteiger partial charge in [-0.1, -0.05) is 94.6 Å². The van der Waals surface area contributed by atoms with E-state index in [0.717, 1.165) is 0 Å². The highest BCUT2D eigenvalue weighted by Crippen LogP contribution is 2.50. The molecule has 6 rings (SSSR count). The summed E-state index contributed by atoms with van der Waals surface area (Å²) in [5.74, 6) is -2.15. The Morgan fingerprint density at radius 3 is 1.29 bits per heavy atom. The van der Waals surface area contributed by atoms with E-state index in [0.29, 0.717) is 107 Å². The maximum Gasteiger partial charge on any atom is 0.306 e. The number of methoxy groups -OCH3 is 2. The van der Waals surface area contributed by atoms with Crippen molar-refractivity contribution in [1.29, 1.82) is 0 Å². The number of aliphatic carboxylic acids is 2. The molecule has 2 amide bonds. The van der Waals surface area contributed by atoms with Crippen molar-refractivity contribution in [3.63, 3.8) is 0 Å². The van der Waals surface area contributed by atoms with Gasteiger partial charge in [0.1, 0.15) is 11.5 Å². The van der Waals surface area contributed by atoms with Crippen LogP contribution in [0.5, 0.6) is 11.5 Å². The summed E-state index contributed by atoms with van der Waals surface area (Å²) in [5, 5.41) is 19.5. The van der Waals surface area contributed by atoms with Crippen LogP contribution in [0.4, 0.5) is 0 Å². The van der Waals surface area contributed by atoms with Crippen LogP contribution < -0.4 is 9.47 Å². The zero-order chi connectivity index (χ0) is 42.4. The predicted octanol–water partition coefficient (Wildman–Crippen LogP) is 10.5. The van der Waals surface area contributed by atoms with Crippen LogP contribution in [-0.4, -0.2) is 84.2 Å². The number of hydrogen-bond acceptors (Lipinski definition) is 7. The Balaban J connectivity index is 1.40. The fraction of sp³-hybridized carbons (Fsp3) is 0.273. The lowest BCUT2D eigenvalue weighted by Gasteiger charge is -2.29. The molecular formula is C44H40Cl4N2O8S. The number of rotatable bonds is 12. The lowest BCUT2D eigenvalue weighted by molar-refractivity contribution is -0.145. The fourth-order valence-electron chi connectivity index (χ4n) is 7.22. The van der Waals surface area contributed by atoms with E-state index in [1.54, 1.807) is 48.3 Å². The number of carbonyl (C=O) groups excluding carboxylic acids is 2. The third kappa shape index (κ3) is 9.88. The highest BCUT2D eigenvalue weighted by molar-refractivity contribution is 7.99. The maximum absolute atomic E-state index is 13.3. The van der Waals surface area contributed by atoms with E-state index in [1.165, 1.54) is 23.9 Å². The van der Waals surface area contributed by atoms with Crippen molar-refractivity contribution in [1.82, 2.24) is 9.80 Å². The summed E-state index contributed by atoms with van der Waals surface area (Å²) in [7, 11) is 3.11. The van der Waals surface area contributed by atoms with Crippen LogP contribution in [0.2, 0.25) is 20.1 Å². The van der Waals surface area contributed by atoms with Gasteiger partial charge in [-0.05, 0) is 73.2 Å². The topological polar surface area (TPSA) is 134 Å². The number of nitrogens with zero attached hydrogens (tertiary/aromatic N) is 2. The first kappa shape index (κ1) is 43.9. The summed E-state index contributed by atoms with van der Waals surface area (Å²) in [6.45, 7) is 1.29. The van der Waals surface area contributed by atoms with Crippen LogP contribution >= 0.6 is 58.2 Å². The molecule has 2 aliphatic heterocycles. The van der Waals surface area contributed by atoms with Gasteiger partial charge in [0, 0.05) is 70.4 Å². The number of carboxylic acids is 2. The third-order valence-corrected chi connectivity index (χ3v) is 13.6. The van der Waals surface area contributed by atoms with E-state index in [-0.39, 0.29) is 31.9 Å². The van der Waals surface area contributed by atoms with Gasteiger partial charge in [-0.15, -0.1) is 0 Å². The molecule has 0 saturated carbocycles. The zero-order valence-corrected chi connectivity index (χ0v) is 35.9. The quantitative estimate of drug-likeness (QED) is 0.133. The fourth-order valence-corrected chi connectivity index (χ4v) is 9.38. The average Bonchev–Trinajstić information content (AvgIpc) is 3.25. The smallest absolute Gasteiger partial charge is 0.306 e. The molecule has 4 aromatic rings. The molecule has 2 heterocycles. The number of likely N-dealkylation sites (tertiary alicyclic amines) is 2. The van der Waals surface area contributed by atoms with Gasteiger partial charge in [0.15, 0.2) is 0 Å².